The zero-order valence-corrected chi connectivity index (χ0v) is 13.4. The molecule has 0 aromatic heterocycles. The molecular formula is C12H17ClN2O3S2. The van der Waals surface area contributed by atoms with Gasteiger partial charge in [-0.3, -0.25) is 0 Å². The van der Waals surface area contributed by atoms with Crippen molar-refractivity contribution in [2.75, 3.05) is 19.7 Å². The summed E-state index contributed by atoms with van der Waals surface area (Å²) >= 11 is 10.8. The third-order valence-electron chi connectivity index (χ3n) is 2.67. The van der Waals surface area contributed by atoms with Crippen LogP contribution in [0.15, 0.2) is 23.1 Å². The predicted octanol–water partition coefficient (Wildman–Crippen LogP) is 1.37. The number of hydrogen-bond acceptors (Lipinski definition) is 4. The first kappa shape index (κ1) is 17.3. The summed E-state index contributed by atoms with van der Waals surface area (Å²) in [6, 6.07) is 4.22. The van der Waals surface area contributed by atoms with E-state index in [9.17, 15) is 8.42 Å². The summed E-state index contributed by atoms with van der Waals surface area (Å²) in [6.07, 6.45) is 0.651. The Morgan fingerprint density at radius 3 is 2.55 bits per heavy atom. The number of aliphatic hydroxyl groups excluding tert-OH is 1. The highest BCUT2D eigenvalue weighted by Gasteiger charge is 2.24. The van der Waals surface area contributed by atoms with Crippen LogP contribution >= 0.6 is 23.8 Å². The lowest BCUT2D eigenvalue weighted by molar-refractivity contribution is 0.253. The van der Waals surface area contributed by atoms with Crippen molar-refractivity contribution >= 4 is 38.8 Å². The number of rotatable bonds is 7. The van der Waals surface area contributed by atoms with Gasteiger partial charge in [-0.2, -0.15) is 4.31 Å². The van der Waals surface area contributed by atoms with Gasteiger partial charge in [0.05, 0.1) is 16.5 Å². The van der Waals surface area contributed by atoms with E-state index in [4.69, 9.17) is 34.7 Å². The van der Waals surface area contributed by atoms with Gasteiger partial charge in [0.15, 0.2) is 0 Å². The van der Waals surface area contributed by atoms with Gasteiger partial charge in [0.25, 0.3) is 0 Å². The molecule has 20 heavy (non-hydrogen) atoms. The SMILES string of the molecule is CCCN(CCO)S(=O)(=O)c1ccc(C(N)=S)c(Cl)c1. The summed E-state index contributed by atoms with van der Waals surface area (Å²) in [5.41, 5.74) is 5.92. The summed E-state index contributed by atoms with van der Waals surface area (Å²) in [5, 5.41) is 9.17. The molecule has 1 rings (SSSR count). The van der Waals surface area contributed by atoms with Crippen LogP contribution in [0.25, 0.3) is 0 Å². The Hall–Kier alpha value is -0.730. The highest BCUT2D eigenvalue weighted by atomic mass is 35.5. The smallest absolute Gasteiger partial charge is 0.243 e. The van der Waals surface area contributed by atoms with Crippen molar-refractivity contribution < 1.29 is 13.5 Å². The largest absolute Gasteiger partial charge is 0.395 e. The molecule has 0 unspecified atom stereocenters. The van der Waals surface area contributed by atoms with Crippen LogP contribution in [-0.2, 0) is 10.0 Å². The molecule has 8 heteroatoms. The van der Waals surface area contributed by atoms with E-state index in [-0.39, 0.29) is 28.1 Å². The minimum atomic E-state index is -3.69. The van der Waals surface area contributed by atoms with Gasteiger partial charge in [-0.15, -0.1) is 0 Å². The number of nitrogens with two attached hydrogens (primary N) is 1. The molecule has 1 aromatic carbocycles. The Morgan fingerprint density at radius 2 is 2.10 bits per heavy atom. The monoisotopic (exact) mass is 336 g/mol. The Morgan fingerprint density at radius 1 is 1.45 bits per heavy atom. The molecule has 0 saturated heterocycles. The minimum Gasteiger partial charge on any atom is -0.395 e. The van der Waals surface area contributed by atoms with E-state index in [1.54, 1.807) is 0 Å². The molecule has 112 valence electrons. The lowest BCUT2D eigenvalue weighted by atomic mass is 10.2. The summed E-state index contributed by atoms with van der Waals surface area (Å²) < 4.78 is 26.1. The molecule has 0 fully saturated rings. The first-order valence-corrected chi connectivity index (χ1v) is 8.27. The van der Waals surface area contributed by atoms with Crippen LogP contribution in [0, 0.1) is 0 Å². The first-order chi connectivity index (χ1) is 9.34. The third-order valence-corrected chi connectivity index (χ3v) is 5.09. The van der Waals surface area contributed by atoms with E-state index < -0.39 is 10.0 Å². The molecule has 0 aliphatic rings. The maximum Gasteiger partial charge on any atom is 0.243 e. The van der Waals surface area contributed by atoms with Crippen LogP contribution in [0.2, 0.25) is 5.02 Å². The van der Waals surface area contributed by atoms with Gasteiger partial charge in [-0.1, -0.05) is 30.7 Å². The molecule has 0 bridgehead atoms. The van der Waals surface area contributed by atoms with Gasteiger partial charge in [-0.25, -0.2) is 8.42 Å². The highest BCUT2D eigenvalue weighted by Crippen LogP contribution is 2.23. The number of benzene rings is 1. The summed E-state index contributed by atoms with van der Waals surface area (Å²) in [7, 11) is -3.69. The van der Waals surface area contributed by atoms with Crippen LogP contribution in [0.4, 0.5) is 0 Å². The van der Waals surface area contributed by atoms with Crippen LogP contribution in [0.3, 0.4) is 0 Å². The number of nitrogens with zero attached hydrogens (tertiary/aromatic N) is 1. The molecule has 0 heterocycles. The first-order valence-electron chi connectivity index (χ1n) is 6.05. The second-order valence-electron chi connectivity index (χ2n) is 4.13. The molecule has 5 nitrogen and oxygen atoms in total. The van der Waals surface area contributed by atoms with Crippen molar-refractivity contribution in [3.63, 3.8) is 0 Å². The second kappa shape index (κ2) is 7.33. The van der Waals surface area contributed by atoms with Gasteiger partial charge in [0.2, 0.25) is 10.0 Å². The number of hydrogen-bond donors (Lipinski definition) is 2. The predicted molar refractivity (Wildman–Crippen MR) is 83.5 cm³/mol. The summed E-state index contributed by atoms with van der Waals surface area (Å²) in [6.45, 7) is 2.00. The topological polar surface area (TPSA) is 83.6 Å². The zero-order valence-electron chi connectivity index (χ0n) is 11.0. The van der Waals surface area contributed by atoms with Crippen molar-refractivity contribution in [2.45, 2.75) is 18.2 Å². The molecule has 0 aliphatic heterocycles. The lowest BCUT2D eigenvalue weighted by Gasteiger charge is -2.21. The van der Waals surface area contributed by atoms with Crippen LogP contribution in [-0.4, -0.2) is 42.5 Å². The van der Waals surface area contributed by atoms with Crippen molar-refractivity contribution in [3.05, 3.63) is 28.8 Å². The van der Waals surface area contributed by atoms with Crippen LogP contribution < -0.4 is 5.73 Å². The van der Waals surface area contributed by atoms with Gasteiger partial charge in [0.1, 0.15) is 4.99 Å². The van der Waals surface area contributed by atoms with Crippen LogP contribution in [0.1, 0.15) is 18.9 Å². The standard InChI is InChI=1S/C12H17ClN2O3S2/c1-2-5-15(6-7-16)20(17,18)9-3-4-10(12(14)19)11(13)8-9/h3-4,8,16H,2,5-7H2,1H3,(H2,14,19). The molecule has 3 N–H and O–H groups in total. The zero-order chi connectivity index (χ0) is 15.3. The lowest BCUT2D eigenvalue weighted by Crippen LogP contribution is -2.34. The normalized spacial score (nSPS) is 11.8. The number of aliphatic hydroxyl groups is 1. The minimum absolute atomic E-state index is 0.0465. The Labute approximate surface area is 129 Å². The maximum absolute atomic E-state index is 12.4. The van der Waals surface area contributed by atoms with Gasteiger partial charge < -0.3 is 10.8 Å². The highest BCUT2D eigenvalue weighted by molar-refractivity contribution is 7.89. The Bertz CT molecular complexity index is 584. The molecule has 0 aliphatic carbocycles. The maximum atomic E-state index is 12.4. The average molecular weight is 337 g/mol. The van der Waals surface area contributed by atoms with E-state index in [1.807, 2.05) is 6.92 Å². The van der Waals surface area contributed by atoms with Crippen molar-refractivity contribution in [2.24, 2.45) is 5.73 Å². The second-order valence-corrected chi connectivity index (χ2v) is 6.92. The van der Waals surface area contributed by atoms with Crippen LogP contribution in [0.5, 0.6) is 0 Å². The Kier molecular flexibility index (Phi) is 6.35. The molecular weight excluding hydrogens is 320 g/mol. The van der Waals surface area contributed by atoms with Crippen molar-refractivity contribution in [1.82, 2.24) is 4.31 Å². The number of thiocarbonyl (C=S) groups is 1. The number of sulfonamides is 1. The molecule has 0 saturated carbocycles. The quantitative estimate of drug-likeness (QED) is 0.735. The van der Waals surface area contributed by atoms with Crippen molar-refractivity contribution in [3.8, 4) is 0 Å². The van der Waals surface area contributed by atoms with E-state index in [0.29, 0.717) is 18.5 Å². The van der Waals surface area contributed by atoms with E-state index in [2.05, 4.69) is 0 Å². The molecule has 0 radical (unpaired) electrons. The van der Waals surface area contributed by atoms with Gasteiger partial charge in [-0.05, 0) is 24.6 Å². The molecule has 1 aromatic rings. The fourth-order valence-corrected chi connectivity index (χ4v) is 3.85. The fourth-order valence-electron chi connectivity index (χ4n) is 1.72. The number of halogens is 1. The molecule has 0 spiro atoms. The van der Waals surface area contributed by atoms with E-state index in [0.717, 1.165) is 0 Å². The fraction of sp³-hybridized carbons (Fsp3) is 0.417. The third kappa shape index (κ3) is 3.89. The van der Waals surface area contributed by atoms with E-state index in [1.165, 1.54) is 22.5 Å². The summed E-state index contributed by atoms with van der Waals surface area (Å²) in [5.74, 6) is 0. The van der Waals surface area contributed by atoms with E-state index >= 15 is 0 Å². The Balaban J connectivity index is 3.20. The summed E-state index contributed by atoms with van der Waals surface area (Å²) in [4.78, 5) is 0.170. The van der Waals surface area contributed by atoms with Gasteiger partial charge >= 0.3 is 0 Å². The molecule has 0 atom stereocenters. The van der Waals surface area contributed by atoms with Crippen molar-refractivity contribution in [1.29, 1.82) is 0 Å². The average Bonchev–Trinajstić information content (AvgIpc) is 2.37. The van der Waals surface area contributed by atoms with Gasteiger partial charge in [0, 0.05) is 18.7 Å². The molecule has 0 amide bonds.